The van der Waals surface area contributed by atoms with Crippen molar-refractivity contribution in [3.05, 3.63) is 220 Å². The van der Waals surface area contributed by atoms with Crippen molar-refractivity contribution in [1.82, 2.24) is 0 Å². The molecule has 0 aliphatic rings. The zero-order valence-corrected chi connectivity index (χ0v) is 37.1. The first kappa shape index (κ1) is 38.8. The van der Waals surface area contributed by atoms with Gasteiger partial charge in [-0.1, -0.05) is 193 Å². The molecule has 2 heteroatoms. The Labute approximate surface area is 351 Å². The summed E-state index contributed by atoms with van der Waals surface area (Å²) in [6, 6.07) is 73.2. The van der Waals surface area contributed by atoms with Crippen molar-refractivity contribution in [3.63, 3.8) is 0 Å². The molecule has 0 heterocycles. The number of benzene rings is 8. The molecule has 0 radical (unpaired) electrons. The predicted molar refractivity (Wildman–Crippen MR) is 244 cm³/mol. The predicted octanol–water partition coefficient (Wildman–Crippen LogP) is 12.0. The van der Waals surface area contributed by atoms with Gasteiger partial charge in [0.15, 0.2) is 8.07 Å². The molecule has 10 rings (SSSR count). The number of rotatable bonds is 6. The van der Waals surface area contributed by atoms with Gasteiger partial charge in [0.25, 0.3) is 0 Å². The smallest absolute Gasteiger partial charge is 0.358 e. The van der Waals surface area contributed by atoms with Gasteiger partial charge in [0.1, 0.15) is 0 Å². The largest absolute Gasteiger partial charge is 4.00 e. The van der Waals surface area contributed by atoms with E-state index in [4.69, 9.17) is 0 Å². The molecule has 0 bridgehead atoms. The van der Waals surface area contributed by atoms with E-state index in [1.807, 2.05) is 0 Å². The molecule has 268 valence electrons. The summed E-state index contributed by atoms with van der Waals surface area (Å²) in [4.78, 5) is 0. The second kappa shape index (κ2) is 15.6. The van der Waals surface area contributed by atoms with E-state index in [0.717, 1.165) is 0 Å². The van der Waals surface area contributed by atoms with Gasteiger partial charge in [0, 0.05) is 0 Å². The van der Waals surface area contributed by atoms with Crippen LogP contribution < -0.4 is 20.7 Å². The summed E-state index contributed by atoms with van der Waals surface area (Å²) in [6.07, 6.45) is 0. The van der Waals surface area contributed by atoms with Crippen LogP contribution in [0.2, 0.25) is 0 Å². The Morgan fingerprint density at radius 1 is 0.375 bits per heavy atom. The molecule has 0 spiro atoms. The summed E-state index contributed by atoms with van der Waals surface area (Å²) in [6.45, 7) is 4.60. The van der Waals surface area contributed by atoms with Crippen LogP contribution in [0, 0.1) is 28.7 Å². The maximum Gasteiger partial charge on any atom is 4.00 e. The molecule has 0 fully saturated rings. The van der Waals surface area contributed by atoms with E-state index in [2.05, 4.69) is 208 Å². The number of fused-ring (bicyclic) bond motifs is 4. The van der Waals surface area contributed by atoms with E-state index in [0.29, 0.717) is 0 Å². The molecule has 0 nitrogen and oxygen atoms in total. The molecule has 0 aromatic heterocycles. The maximum atomic E-state index is 2.47. The molecular formula is C54H44HfSi. The van der Waals surface area contributed by atoms with Crippen LogP contribution in [-0.4, -0.2) is 8.07 Å². The van der Waals surface area contributed by atoms with Crippen LogP contribution in [0.15, 0.2) is 194 Å². The van der Waals surface area contributed by atoms with Crippen molar-refractivity contribution < 1.29 is 25.8 Å². The molecule has 0 aliphatic carbocycles. The summed E-state index contributed by atoms with van der Waals surface area (Å²) < 4.78 is 0. The van der Waals surface area contributed by atoms with Crippen LogP contribution in [0.25, 0.3) is 65.3 Å². The number of hydrogen-bond acceptors (Lipinski definition) is 0. The Morgan fingerprint density at radius 3 is 1.16 bits per heavy atom. The second-order valence-electron chi connectivity index (χ2n) is 14.5. The molecule has 0 N–H and O–H groups in total. The first-order chi connectivity index (χ1) is 26.1. The Morgan fingerprint density at radius 2 is 0.732 bits per heavy atom. The minimum Gasteiger partial charge on any atom is -0.358 e. The molecule has 0 atom stereocenters. The van der Waals surface area contributed by atoms with Crippen LogP contribution in [0.5, 0.6) is 0 Å². The van der Waals surface area contributed by atoms with Crippen molar-refractivity contribution in [2.75, 3.05) is 0 Å². The molecule has 0 aliphatic heterocycles. The van der Waals surface area contributed by atoms with Crippen LogP contribution >= 0.6 is 0 Å². The van der Waals surface area contributed by atoms with Gasteiger partial charge in [0.05, 0.1) is 0 Å². The SMILES string of the molecule is Cc1[cH-]c2cccc([Si](c3ccccc3)(c3ccccc3)c3cccc4[cH-]c(C)c(-c5cccc6ccccc56)c34)c2c1-c1cccc2ccccc12.[CH3-].[CH3-].[Hf+4]. The monoisotopic (exact) mass is 900 g/mol. The van der Waals surface area contributed by atoms with Crippen molar-refractivity contribution in [2.45, 2.75) is 13.8 Å². The van der Waals surface area contributed by atoms with Crippen molar-refractivity contribution in [3.8, 4) is 22.3 Å². The van der Waals surface area contributed by atoms with Gasteiger partial charge in [-0.2, -0.15) is 0 Å². The van der Waals surface area contributed by atoms with Gasteiger partial charge in [-0.05, 0) is 31.9 Å². The average Bonchev–Trinajstić information content (AvgIpc) is 3.74. The van der Waals surface area contributed by atoms with E-state index >= 15 is 0 Å². The number of hydrogen-bond donors (Lipinski definition) is 0. The minimum absolute atomic E-state index is 0. The van der Waals surface area contributed by atoms with Gasteiger partial charge in [-0.25, -0.2) is 0 Å². The van der Waals surface area contributed by atoms with Crippen LogP contribution in [0.1, 0.15) is 11.1 Å². The van der Waals surface area contributed by atoms with E-state index < -0.39 is 8.07 Å². The fourth-order valence-corrected chi connectivity index (χ4v) is 14.7. The maximum absolute atomic E-state index is 3.07. The second-order valence-corrected chi connectivity index (χ2v) is 18.2. The van der Waals surface area contributed by atoms with Crippen molar-refractivity contribution >= 4 is 71.9 Å². The molecular weight excluding hydrogens is 855 g/mol. The Hall–Kier alpha value is -5.41. The van der Waals surface area contributed by atoms with Gasteiger partial charge in [0.2, 0.25) is 0 Å². The van der Waals surface area contributed by atoms with Gasteiger partial charge >= 0.3 is 25.8 Å². The third-order valence-corrected chi connectivity index (χ3v) is 16.4. The first-order valence-electron chi connectivity index (χ1n) is 18.6. The quantitative estimate of drug-likeness (QED) is 0.0886. The van der Waals surface area contributed by atoms with Gasteiger partial charge in [-0.3, -0.25) is 0 Å². The Bertz CT molecular complexity index is 2750. The zero-order chi connectivity index (χ0) is 35.5. The summed E-state index contributed by atoms with van der Waals surface area (Å²) in [5.41, 5.74) is 7.91. The zero-order valence-electron chi connectivity index (χ0n) is 32.5. The standard InChI is InChI=1S/C52H38Si.2CH3.Hf/c1-35-33-39-21-15-31-47(51(39)49(35)45-29-13-19-37-17-9-11-27-43(37)45)53(41-23-5-3-6-24-41,42-25-7-4-8-26-42)48-32-16-22-40-34-36(2)50(52(40)48)46-30-14-20-38-18-10-12-28-44(38)46;;;/h3-34H,1-2H3;2*1H3;/q-2;2*-1;+4. The third kappa shape index (κ3) is 5.90. The fraction of sp³-hybridized carbons (Fsp3) is 0.0370. The summed E-state index contributed by atoms with van der Waals surface area (Å²) in [5.74, 6) is 0. The molecule has 10 aromatic rings. The normalized spacial score (nSPS) is 11.3. The van der Waals surface area contributed by atoms with Crippen LogP contribution in [-0.2, 0) is 25.8 Å². The first-order valence-corrected chi connectivity index (χ1v) is 20.6. The van der Waals surface area contributed by atoms with E-state index in [-0.39, 0.29) is 40.7 Å². The minimum atomic E-state index is -3.07. The summed E-state index contributed by atoms with van der Waals surface area (Å²) in [5, 5.41) is 16.1. The Balaban J connectivity index is 0.00000160. The summed E-state index contributed by atoms with van der Waals surface area (Å²) >= 11 is 0. The topological polar surface area (TPSA) is 0 Å². The van der Waals surface area contributed by atoms with E-state index in [9.17, 15) is 0 Å². The average molecular weight is 900 g/mol. The molecule has 56 heavy (non-hydrogen) atoms. The molecule has 0 unspecified atom stereocenters. The fourth-order valence-electron chi connectivity index (χ4n) is 9.46. The molecule has 0 saturated carbocycles. The molecule has 0 saturated heterocycles. The Kier molecular flexibility index (Phi) is 10.8. The molecule has 0 amide bonds. The van der Waals surface area contributed by atoms with Crippen molar-refractivity contribution in [1.29, 1.82) is 0 Å². The van der Waals surface area contributed by atoms with Gasteiger partial charge < -0.3 is 14.9 Å². The summed E-state index contributed by atoms with van der Waals surface area (Å²) in [7, 11) is -3.07. The van der Waals surface area contributed by atoms with E-state index in [1.165, 1.54) is 97.2 Å². The number of aryl methyl sites for hydroxylation is 2. The van der Waals surface area contributed by atoms with Crippen molar-refractivity contribution in [2.24, 2.45) is 0 Å². The van der Waals surface area contributed by atoms with Crippen LogP contribution in [0.4, 0.5) is 0 Å². The van der Waals surface area contributed by atoms with Crippen LogP contribution in [0.3, 0.4) is 0 Å². The van der Waals surface area contributed by atoms with E-state index in [1.54, 1.807) is 0 Å². The molecule has 10 aromatic carbocycles. The van der Waals surface area contributed by atoms with Gasteiger partial charge in [-0.15, -0.1) is 80.2 Å². The third-order valence-electron chi connectivity index (χ3n) is 11.6.